The molecule has 0 unspecified atom stereocenters. The second-order valence-corrected chi connectivity index (χ2v) is 12.4. The fourth-order valence-electron chi connectivity index (χ4n) is 5.51. The number of nitrogens with one attached hydrogen (secondary N) is 3. The number of amides is 2. The van der Waals surface area contributed by atoms with Gasteiger partial charge in [-0.1, -0.05) is 41.9 Å². The number of carbonyl (C=O) groups excluding carboxylic acids is 2. The van der Waals surface area contributed by atoms with Crippen LogP contribution in [0, 0.1) is 6.92 Å². The van der Waals surface area contributed by atoms with Gasteiger partial charge < -0.3 is 26.0 Å². The van der Waals surface area contributed by atoms with Crippen LogP contribution in [0.4, 0.5) is 5.69 Å². The summed E-state index contributed by atoms with van der Waals surface area (Å²) in [4.78, 5) is 31.9. The van der Waals surface area contributed by atoms with Gasteiger partial charge in [0.1, 0.15) is 11.9 Å². The van der Waals surface area contributed by atoms with Gasteiger partial charge in [0.2, 0.25) is 11.8 Å². The van der Waals surface area contributed by atoms with Gasteiger partial charge >= 0.3 is 7.12 Å². The molecule has 0 radical (unpaired) electrons. The van der Waals surface area contributed by atoms with Gasteiger partial charge in [0.25, 0.3) is 0 Å². The van der Waals surface area contributed by atoms with Crippen LogP contribution in [0.5, 0.6) is 0 Å². The van der Waals surface area contributed by atoms with Gasteiger partial charge in [-0.3, -0.25) is 19.1 Å². The Bertz CT molecular complexity index is 1960. The van der Waals surface area contributed by atoms with E-state index in [9.17, 15) is 19.6 Å². The van der Waals surface area contributed by atoms with E-state index in [1.165, 1.54) is 11.3 Å². The summed E-state index contributed by atoms with van der Waals surface area (Å²) >= 11 is 7.65. The fraction of sp³-hybridized carbons (Fsp3) is 0.219. The van der Waals surface area contributed by atoms with E-state index in [0.29, 0.717) is 40.8 Å². The summed E-state index contributed by atoms with van der Waals surface area (Å²) in [5.74, 6) is 0.513. The Morgan fingerprint density at radius 2 is 1.83 bits per heavy atom. The van der Waals surface area contributed by atoms with Gasteiger partial charge in [-0.25, -0.2) is 0 Å². The molecule has 2 amide bonds. The monoisotopic (exact) mass is 655 g/mol. The van der Waals surface area contributed by atoms with E-state index in [1.807, 2.05) is 61.0 Å². The number of hydrogen-bond acceptors (Lipinski definition) is 9. The number of thiophene rings is 1. The van der Waals surface area contributed by atoms with Crippen molar-refractivity contribution < 1.29 is 19.6 Å². The highest BCUT2D eigenvalue weighted by Gasteiger charge is 2.30. The molecule has 3 aromatic carbocycles. The molecule has 234 valence electrons. The standard InChI is InChI=1S/C32H31BClN7O4S/c1-18-39-40-32-26(38-30(19-6-8-21(34)9-7-19)24-15-22(35-2)10-11-27(24)41(18)32)16-28(42)37-17-29(43)36-13-12-23-14-20-4-3-5-25(33(44)45)31(20)46-23/h3-11,14-15,26,35,44-45H,12-13,16-17H2,1-2H3,(H,36,43)(H,37,42)/t26-/m0/s1. The quantitative estimate of drug-likeness (QED) is 0.145. The normalized spacial score (nSPS) is 13.8. The minimum Gasteiger partial charge on any atom is -0.423 e. The minimum atomic E-state index is -1.55. The highest BCUT2D eigenvalue weighted by Crippen LogP contribution is 2.34. The number of anilines is 1. The summed E-state index contributed by atoms with van der Waals surface area (Å²) in [6.45, 7) is 2.03. The minimum absolute atomic E-state index is 0.0454. The molecule has 46 heavy (non-hydrogen) atoms. The molecule has 0 saturated heterocycles. The zero-order chi connectivity index (χ0) is 32.4. The summed E-state index contributed by atoms with van der Waals surface area (Å²) in [6, 6.07) is 20.0. The van der Waals surface area contributed by atoms with E-state index in [4.69, 9.17) is 16.6 Å². The lowest BCUT2D eigenvalue weighted by Gasteiger charge is -2.14. The van der Waals surface area contributed by atoms with Crippen LogP contribution < -0.4 is 21.4 Å². The molecule has 5 aromatic rings. The van der Waals surface area contributed by atoms with Crippen molar-refractivity contribution in [2.45, 2.75) is 25.8 Å². The summed E-state index contributed by atoms with van der Waals surface area (Å²) in [5.41, 5.74) is 4.57. The maximum atomic E-state index is 13.2. The Morgan fingerprint density at radius 1 is 1.02 bits per heavy atom. The number of aryl methyl sites for hydroxylation is 1. The first-order chi connectivity index (χ1) is 22.2. The fourth-order valence-corrected chi connectivity index (χ4v) is 6.82. The molecule has 14 heteroatoms. The van der Waals surface area contributed by atoms with E-state index < -0.39 is 13.2 Å². The Labute approximate surface area is 274 Å². The highest BCUT2D eigenvalue weighted by molar-refractivity contribution is 7.20. The Balaban J connectivity index is 1.15. The molecular weight excluding hydrogens is 625 g/mol. The number of aromatic nitrogens is 3. The average Bonchev–Trinajstić information content (AvgIpc) is 3.61. The zero-order valence-electron chi connectivity index (χ0n) is 25.1. The van der Waals surface area contributed by atoms with Crippen LogP contribution in [0.2, 0.25) is 5.02 Å². The molecule has 1 aliphatic rings. The van der Waals surface area contributed by atoms with Crippen LogP contribution in [0.3, 0.4) is 0 Å². The van der Waals surface area contributed by atoms with E-state index in [-0.39, 0.29) is 24.8 Å². The molecule has 1 atom stereocenters. The second-order valence-electron chi connectivity index (χ2n) is 10.9. The molecule has 5 N–H and O–H groups in total. The van der Waals surface area contributed by atoms with Crippen molar-refractivity contribution in [1.82, 2.24) is 25.4 Å². The van der Waals surface area contributed by atoms with E-state index in [0.717, 1.165) is 37.5 Å². The number of benzene rings is 3. The Hall–Kier alpha value is -4.56. The molecular formula is C32H31BClN7O4S. The molecule has 0 saturated carbocycles. The van der Waals surface area contributed by atoms with Gasteiger partial charge in [-0.15, -0.1) is 21.5 Å². The summed E-state index contributed by atoms with van der Waals surface area (Å²) in [6.07, 6.45) is 0.519. The van der Waals surface area contributed by atoms with Crippen molar-refractivity contribution in [3.8, 4) is 5.69 Å². The van der Waals surface area contributed by atoms with Crippen LogP contribution in [0.1, 0.15) is 40.1 Å². The predicted molar refractivity (Wildman–Crippen MR) is 181 cm³/mol. The first-order valence-electron chi connectivity index (χ1n) is 14.7. The highest BCUT2D eigenvalue weighted by atomic mass is 35.5. The number of aliphatic imine (C=N–C) groups is 1. The largest absolute Gasteiger partial charge is 0.489 e. The summed E-state index contributed by atoms with van der Waals surface area (Å²) in [5, 5.41) is 38.2. The SMILES string of the molecule is CNc1ccc2c(c1)C(c1ccc(Cl)cc1)=N[C@@H](CC(=O)NCC(=O)NCCc1cc3cccc(B(O)O)c3s1)c1nnc(C)n1-2. The van der Waals surface area contributed by atoms with Gasteiger partial charge in [0.05, 0.1) is 24.4 Å². The Kier molecular flexibility index (Phi) is 9.18. The maximum absolute atomic E-state index is 13.2. The van der Waals surface area contributed by atoms with Crippen LogP contribution in [0.25, 0.3) is 15.8 Å². The third kappa shape index (κ3) is 6.54. The average molecular weight is 656 g/mol. The molecule has 3 heterocycles. The van der Waals surface area contributed by atoms with Gasteiger partial charge in [0, 0.05) is 45.0 Å². The first-order valence-corrected chi connectivity index (χ1v) is 15.9. The molecule has 1 aliphatic heterocycles. The lowest BCUT2D eigenvalue weighted by Crippen LogP contribution is -2.38. The smallest absolute Gasteiger partial charge is 0.423 e. The number of fused-ring (bicyclic) bond motifs is 4. The number of nitrogens with zero attached hydrogens (tertiary/aromatic N) is 4. The van der Waals surface area contributed by atoms with Crippen molar-refractivity contribution in [2.24, 2.45) is 4.99 Å². The lowest BCUT2D eigenvalue weighted by molar-refractivity contribution is -0.126. The molecule has 2 aromatic heterocycles. The van der Waals surface area contributed by atoms with Gasteiger partial charge in [-0.05, 0) is 60.6 Å². The summed E-state index contributed by atoms with van der Waals surface area (Å²) in [7, 11) is 0.299. The van der Waals surface area contributed by atoms with Crippen LogP contribution in [-0.4, -0.2) is 69.6 Å². The van der Waals surface area contributed by atoms with E-state index in [2.05, 4.69) is 26.1 Å². The van der Waals surface area contributed by atoms with Crippen molar-refractivity contribution in [3.63, 3.8) is 0 Å². The van der Waals surface area contributed by atoms with Crippen LogP contribution >= 0.6 is 22.9 Å². The number of hydrogen-bond donors (Lipinski definition) is 5. The predicted octanol–water partition coefficient (Wildman–Crippen LogP) is 2.92. The number of carbonyl (C=O) groups is 2. The van der Waals surface area contributed by atoms with Crippen LogP contribution in [0.15, 0.2) is 71.7 Å². The topological polar surface area (TPSA) is 154 Å². The number of halogens is 1. The third-order valence-corrected chi connectivity index (χ3v) is 9.27. The second kappa shape index (κ2) is 13.4. The maximum Gasteiger partial charge on any atom is 0.489 e. The van der Waals surface area contributed by atoms with E-state index in [1.54, 1.807) is 24.3 Å². The van der Waals surface area contributed by atoms with Crippen molar-refractivity contribution >= 4 is 68.8 Å². The van der Waals surface area contributed by atoms with Crippen molar-refractivity contribution in [1.29, 1.82) is 0 Å². The Morgan fingerprint density at radius 3 is 2.59 bits per heavy atom. The van der Waals surface area contributed by atoms with Gasteiger partial charge in [0.15, 0.2) is 5.82 Å². The molecule has 0 fully saturated rings. The molecule has 6 rings (SSSR count). The third-order valence-electron chi connectivity index (χ3n) is 7.75. The van der Waals surface area contributed by atoms with Crippen molar-refractivity contribution in [2.75, 3.05) is 25.5 Å². The molecule has 0 spiro atoms. The lowest BCUT2D eigenvalue weighted by atomic mass is 9.80. The van der Waals surface area contributed by atoms with Gasteiger partial charge in [-0.2, -0.15) is 0 Å². The molecule has 11 nitrogen and oxygen atoms in total. The first kappa shape index (κ1) is 31.4. The van der Waals surface area contributed by atoms with E-state index >= 15 is 0 Å². The van der Waals surface area contributed by atoms with Crippen LogP contribution in [-0.2, 0) is 16.0 Å². The summed E-state index contributed by atoms with van der Waals surface area (Å²) < 4.78 is 2.73. The molecule has 0 bridgehead atoms. The molecule has 0 aliphatic carbocycles. The zero-order valence-corrected chi connectivity index (χ0v) is 26.7. The van der Waals surface area contributed by atoms with Crippen molar-refractivity contribution in [3.05, 3.63) is 99.4 Å². The number of rotatable bonds is 10.